The number of fused-ring (bicyclic) bond motifs is 7. The third kappa shape index (κ3) is 5.84. The van der Waals surface area contributed by atoms with Gasteiger partial charge in [0.2, 0.25) is 0 Å². The van der Waals surface area contributed by atoms with Gasteiger partial charge in [0.25, 0.3) is 0 Å². The number of allylic oxidation sites excluding steroid dienone is 6. The minimum atomic E-state index is -0.127. The molecule has 6 heteroatoms. The lowest BCUT2D eigenvalue weighted by molar-refractivity contribution is 0.586. The minimum Gasteiger partial charge on any atom is -0.398 e. The van der Waals surface area contributed by atoms with E-state index in [-0.39, 0.29) is 5.83 Å². The van der Waals surface area contributed by atoms with Crippen LogP contribution in [0.3, 0.4) is 0 Å². The number of aromatic nitrogens is 2. The van der Waals surface area contributed by atoms with Crippen LogP contribution in [0.5, 0.6) is 0 Å². The van der Waals surface area contributed by atoms with E-state index in [4.69, 9.17) is 5.73 Å². The number of benzene rings is 6. The normalized spacial score (nSPS) is 14.0. The van der Waals surface area contributed by atoms with Crippen molar-refractivity contribution in [2.75, 3.05) is 0 Å². The summed E-state index contributed by atoms with van der Waals surface area (Å²) in [6.45, 7) is 0. The predicted molar refractivity (Wildman–Crippen MR) is 221 cm³/mol. The van der Waals surface area contributed by atoms with Gasteiger partial charge in [-0.1, -0.05) is 111 Å². The van der Waals surface area contributed by atoms with E-state index < -0.39 is 0 Å². The molecule has 2 aromatic heterocycles. The Morgan fingerprint density at radius 2 is 1.26 bits per heavy atom. The fourth-order valence-electron chi connectivity index (χ4n) is 7.54. The van der Waals surface area contributed by atoms with Crippen LogP contribution in [0, 0.1) is 11.3 Å². The largest absolute Gasteiger partial charge is 0.398 e. The molecule has 2 N–H and O–H groups in total. The van der Waals surface area contributed by atoms with Crippen molar-refractivity contribution in [3.63, 3.8) is 0 Å². The van der Waals surface area contributed by atoms with Crippen molar-refractivity contribution in [3.8, 4) is 17.4 Å². The Hall–Kier alpha value is -6.47. The Morgan fingerprint density at radius 1 is 0.679 bits per heavy atom. The Bertz CT molecular complexity index is 2860. The molecule has 6 aromatic carbocycles. The molecule has 9 rings (SSSR count). The standard InChI is InChI=1S/C47H34FN4P/c48-35-10-8-9-33(27-35)34(30-53-38-23-17-31(29-49)18-24-38)28-43(50)32-19-21-37(22-20-32)52-45-16-7-5-14-40(45)42-26-25-41-39-13-4-6-15-44(39)51(46(41)47(42)52)36-11-2-1-3-12-36/h1-7,9,11-28,30,53H,8,10,50H2/b34-30+,43-28-. The Morgan fingerprint density at radius 3 is 1.87 bits per heavy atom. The van der Waals surface area contributed by atoms with Gasteiger partial charge < -0.3 is 14.9 Å². The number of halogens is 1. The van der Waals surface area contributed by atoms with Crippen LogP contribution in [0.1, 0.15) is 24.0 Å². The van der Waals surface area contributed by atoms with Gasteiger partial charge in [0.1, 0.15) is 5.83 Å². The lowest BCUT2D eigenvalue weighted by Gasteiger charge is -2.14. The zero-order chi connectivity index (χ0) is 35.9. The van der Waals surface area contributed by atoms with E-state index in [9.17, 15) is 9.65 Å². The zero-order valence-corrected chi connectivity index (χ0v) is 29.8. The first-order chi connectivity index (χ1) is 26.1. The third-order valence-corrected chi connectivity index (χ3v) is 11.2. The Labute approximate surface area is 308 Å². The molecule has 53 heavy (non-hydrogen) atoms. The number of rotatable bonds is 7. The van der Waals surface area contributed by atoms with Crippen molar-refractivity contribution in [3.05, 3.63) is 192 Å². The fourth-order valence-corrected chi connectivity index (χ4v) is 8.48. The number of nitrogens with two attached hydrogens (primary N) is 1. The van der Waals surface area contributed by atoms with Crippen molar-refractivity contribution < 1.29 is 4.39 Å². The fraction of sp³-hybridized carbons (Fsp3) is 0.0426. The molecule has 1 aliphatic carbocycles. The number of hydrogen-bond acceptors (Lipinski definition) is 2. The minimum absolute atomic E-state index is 0.127. The number of hydrogen-bond donors (Lipinski definition) is 1. The maximum atomic E-state index is 14.5. The molecule has 1 atom stereocenters. The van der Waals surface area contributed by atoms with E-state index >= 15 is 0 Å². The number of nitriles is 1. The topological polar surface area (TPSA) is 59.7 Å². The molecule has 0 saturated heterocycles. The number of para-hydroxylation sites is 3. The second-order valence-corrected chi connectivity index (χ2v) is 14.4. The van der Waals surface area contributed by atoms with Gasteiger partial charge in [-0.3, -0.25) is 0 Å². The summed E-state index contributed by atoms with van der Waals surface area (Å²) in [4.78, 5) is 0. The van der Waals surface area contributed by atoms with Crippen molar-refractivity contribution >= 4 is 63.2 Å². The lowest BCUT2D eigenvalue weighted by atomic mass is 9.98. The Balaban J connectivity index is 1.18. The van der Waals surface area contributed by atoms with Gasteiger partial charge in [0.15, 0.2) is 0 Å². The summed E-state index contributed by atoms with van der Waals surface area (Å²) in [7, 11) is 0.326. The molecule has 0 radical (unpaired) electrons. The summed E-state index contributed by atoms with van der Waals surface area (Å²) >= 11 is 0. The van der Waals surface area contributed by atoms with E-state index in [0.717, 1.165) is 55.5 Å². The van der Waals surface area contributed by atoms with Crippen molar-refractivity contribution in [1.82, 2.24) is 9.13 Å². The average Bonchev–Trinajstić information content (AvgIpc) is 3.73. The summed E-state index contributed by atoms with van der Waals surface area (Å²) in [5.41, 5.74) is 17.4. The summed E-state index contributed by atoms with van der Waals surface area (Å²) in [5, 5.41) is 15.1. The quantitative estimate of drug-likeness (QED) is 0.133. The van der Waals surface area contributed by atoms with E-state index in [1.54, 1.807) is 6.08 Å². The van der Waals surface area contributed by atoms with E-state index in [1.807, 2.05) is 30.3 Å². The summed E-state index contributed by atoms with van der Waals surface area (Å²) < 4.78 is 19.3. The molecule has 0 fully saturated rings. The van der Waals surface area contributed by atoms with Gasteiger partial charge in [-0.15, -0.1) is 0 Å². The van der Waals surface area contributed by atoms with Gasteiger partial charge in [0.05, 0.1) is 33.7 Å². The predicted octanol–water partition coefficient (Wildman–Crippen LogP) is 11.5. The third-order valence-electron chi connectivity index (χ3n) is 10.1. The molecule has 254 valence electrons. The smallest absolute Gasteiger partial charge is 0.101 e. The van der Waals surface area contributed by atoms with Gasteiger partial charge in [0, 0.05) is 45.0 Å². The van der Waals surface area contributed by atoms with Gasteiger partial charge in [-0.25, -0.2) is 4.39 Å². The highest BCUT2D eigenvalue weighted by Crippen LogP contribution is 2.41. The van der Waals surface area contributed by atoms with Crippen LogP contribution in [0.25, 0.3) is 60.7 Å². The highest BCUT2D eigenvalue weighted by molar-refractivity contribution is 7.50. The summed E-state index contributed by atoms with van der Waals surface area (Å²) in [6, 6.07) is 50.5. The van der Waals surface area contributed by atoms with Crippen LogP contribution in [-0.2, 0) is 0 Å². The van der Waals surface area contributed by atoms with Crippen LogP contribution >= 0.6 is 8.58 Å². The highest BCUT2D eigenvalue weighted by atomic mass is 31.1. The monoisotopic (exact) mass is 704 g/mol. The molecule has 8 aromatic rings. The van der Waals surface area contributed by atoms with Crippen molar-refractivity contribution in [2.24, 2.45) is 5.73 Å². The second-order valence-electron chi connectivity index (χ2n) is 13.3. The lowest BCUT2D eigenvalue weighted by Crippen LogP contribution is -2.01. The molecule has 4 nitrogen and oxygen atoms in total. The van der Waals surface area contributed by atoms with Gasteiger partial charge in [-0.05, 0) is 89.1 Å². The maximum absolute atomic E-state index is 14.5. The Kier molecular flexibility index (Phi) is 8.31. The summed E-state index contributed by atoms with van der Waals surface area (Å²) in [6.07, 6.45) is 6.70. The zero-order valence-electron chi connectivity index (χ0n) is 28.8. The van der Waals surface area contributed by atoms with Crippen LogP contribution in [-0.4, -0.2) is 9.13 Å². The van der Waals surface area contributed by atoms with Crippen LogP contribution < -0.4 is 11.0 Å². The first-order valence-corrected chi connectivity index (χ1v) is 18.8. The molecular weight excluding hydrogens is 671 g/mol. The average molecular weight is 705 g/mol. The van der Waals surface area contributed by atoms with Crippen LogP contribution in [0.2, 0.25) is 0 Å². The van der Waals surface area contributed by atoms with Crippen LogP contribution in [0.15, 0.2) is 181 Å². The molecule has 0 bridgehead atoms. The molecule has 0 spiro atoms. The van der Waals surface area contributed by atoms with E-state index in [2.05, 4.69) is 142 Å². The molecule has 1 unspecified atom stereocenters. The van der Waals surface area contributed by atoms with E-state index in [1.165, 1.54) is 21.5 Å². The molecule has 0 aliphatic heterocycles. The number of nitrogens with zero attached hydrogens (tertiary/aromatic N) is 3. The second kappa shape index (κ2) is 13.6. The molecular formula is C47H34FN4P. The molecule has 1 aliphatic rings. The maximum Gasteiger partial charge on any atom is 0.101 e. The SMILES string of the molecule is N#Cc1ccc(P/C=C(\C=C(/N)c2ccc(-n3c4ccccc4c4ccc5c6ccccc6n(-c6ccccc6)c5c43)cc2)C2=CCCC(F)=C2)cc1. The van der Waals surface area contributed by atoms with Gasteiger partial charge >= 0.3 is 0 Å². The highest BCUT2D eigenvalue weighted by Gasteiger charge is 2.21. The summed E-state index contributed by atoms with van der Waals surface area (Å²) in [5.74, 6) is 1.98. The molecule has 0 saturated carbocycles. The van der Waals surface area contributed by atoms with Crippen molar-refractivity contribution in [2.45, 2.75) is 12.8 Å². The first-order valence-electron chi connectivity index (χ1n) is 17.7. The van der Waals surface area contributed by atoms with Crippen molar-refractivity contribution in [1.29, 1.82) is 5.26 Å². The van der Waals surface area contributed by atoms with Crippen LogP contribution in [0.4, 0.5) is 4.39 Å². The van der Waals surface area contributed by atoms with Gasteiger partial charge in [-0.2, -0.15) is 5.26 Å². The van der Waals surface area contributed by atoms with E-state index in [0.29, 0.717) is 32.7 Å². The molecule has 0 amide bonds. The molecule has 2 heterocycles. The first kappa shape index (κ1) is 32.4.